The second-order valence-corrected chi connectivity index (χ2v) is 5.26. The van der Waals surface area contributed by atoms with Crippen LogP contribution in [0.25, 0.3) is 0 Å². The highest BCUT2D eigenvalue weighted by atomic mass is 16.5. The van der Waals surface area contributed by atoms with Crippen LogP contribution in [-0.4, -0.2) is 30.5 Å². The average Bonchev–Trinajstić information content (AvgIpc) is 2.42. The summed E-state index contributed by atoms with van der Waals surface area (Å²) in [6.07, 6.45) is 3.32. The minimum absolute atomic E-state index is 0.0328. The number of rotatable bonds is 7. The number of carbonyl (C=O) groups excluding carboxylic acids is 1. The molecule has 2 N–H and O–H groups in total. The van der Waals surface area contributed by atoms with Gasteiger partial charge in [-0.3, -0.25) is 4.79 Å². The van der Waals surface area contributed by atoms with Crippen molar-refractivity contribution >= 4 is 11.6 Å². The van der Waals surface area contributed by atoms with Gasteiger partial charge in [0.1, 0.15) is 5.75 Å². The minimum Gasteiger partial charge on any atom is -0.495 e. The second kappa shape index (κ2) is 7.78. The van der Waals surface area contributed by atoms with Crippen molar-refractivity contribution in [3.63, 3.8) is 0 Å². The molecule has 0 unspecified atom stereocenters. The van der Waals surface area contributed by atoms with Crippen molar-refractivity contribution in [2.45, 2.75) is 46.1 Å². The summed E-state index contributed by atoms with van der Waals surface area (Å²) in [4.78, 5) is 14.5. The normalized spacial score (nSPS) is 10.7. The maximum absolute atomic E-state index is 12.6. The summed E-state index contributed by atoms with van der Waals surface area (Å²) >= 11 is 0. The Morgan fingerprint density at radius 2 is 2.05 bits per heavy atom. The van der Waals surface area contributed by atoms with Crippen molar-refractivity contribution < 1.29 is 9.53 Å². The van der Waals surface area contributed by atoms with Gasteiger partial charge in [-0.15, -0.1) is 0 Å². The van der Waals surface area contributed by atoms with Gasteiger partial charge < -0.3 is 15.4 Å². The van der Waals surface area contributed by atoms with E-state index >= 15 is 0 Å². The van der Waals surface area contributed by atoms with Crippen LogP contribution in [0.5, 0.6) is 5.75 Å². The fraction of sp³-hybridized carbons (Fsp3) is 0.562. The van der Waals surface area contributed by atoms with Crippen LogP contribution >= 0.6 is 0 Å². The molecule has 1 aromatic rings. The molecule has 0 heterocycles. The standard InChI is InChI=1S/C16H26N2O2/c1-5-6-7-10-18(12(2)3)16(19)13-8-9-15(20-4)14(17)11-13/h8-9,11-12H,5-7,10,17H2,1-4H3. The van der Waals surface area contributed by atoms with Crippen molar-refractivity contribution in [1.82, 2.24) is 4.90 Å². The maximum Gasteiger partial charge on any atom is 0.254 e. The lowest BCUT2D eigenvalue weighted by atomic mass is 10.1. The highest BCUT2D eigenvalue weighted by Gasteiger charge is 2.19. The monoisotopic (exact) mass is 278 g/mol. The molecule has 20 heavy (non-hydrogen) atoms. The third kappa shape index (κ3) is 4.15. The number of unbranched alkanes of at least 4 members (excludes halogenated alkanes) is 2. The lowest BCUT2D eigenvalue weighted by Gasteiger charge is -2.27. The molecule has 0 aliphatic carbocycles. The zero-order valence-corrected chi connectivity index (χ0v) is 13.0. The van der Waals surface area contributed by atoms with Crippen molar-refractivity contribution in [3.05, 3.63) is 23.8 Å². The molecule has 0 saturated carbocycles. The van der Waals surface area contributed by atoms with Crippen molar-refractivity contribution in [1.29, 1.82) is 0 Å². The van der Waals surface area contributed by atoms with Crippen LogP contribution in [0, 0.1) is 0 Å². The highest BCUT2D eigenvalue weighted by Crippen LogP contribution is 2.23. The van der Waals surface area contributed by atoms with E-state index < -0.39 is 0 Å². The molecule has 112 valence electrons. The number of amides is 1. The number of anilines is 1. The molecule has 0 aromatic heterocycles. The molecule has 4 nitrogen and oxygen atoms in total. The molecule has 0 saturated heterocycles. The Morgan fingerprint density at radius 1 is 1.35 bits per heavy atom. The number of benzene rings is 1. The topological polar surface area (TPSA) is 55.6 Å². The number of nitrogens with two attached hydrogens (primary N) is 1. The predicted octanol–water partition coefficient (Wildman–Crippen LogP) is 3.32. The molecule has 1 rings (SSSR count). The molecule has 0 aliphatic rings. The lowest BCUT2D eigenvalue weighted by Crippen LogP contribution is -2.37. The lowest BCUT2D eigenvalue weighted by molar-refractivity contribution is 0.0702. The van der Waals surface area contributed by atoms with Crippen LogP contribution in [0.3, 0.4) is 0 Å². The van der Waals surface area contributed by atoms with Gasteiger partial charge in [0.15, 0.2) is 0 Å². The quantitative estimate of drug-likeness (QED) is 0.615. The largest absolute Gasteiger partial charge is 0.495 e. The van der Waals surface area contributed by atoms with Gasteiger partial charge in [-0.1, -0.05) is 19.8 Å². The predicted molar refractivity (Wildman–Crippen MR) is 83.1 cm³/mol. The van der Waals surface area contributed by atoms with E-state index in [2.05, 4.69) is 6.92 Å². The van der Waals surface area contributed by atoms with E-state index in [-0.39, 0.29) is 11.9 Å². The molecule has 0 radical (unpaired) electrons. The summed E-state index contributed by atoms with van der Waals surface area (Å²) in [6, 6.07) is 5.39. The average molecular weight is 278 g/mol. The molecule has 1 aromatic carbocycles. The summed E-state index contributed by atoms with van der Waals surface area (Å²) in [5.41, 5.74) is 6.99. The van der Waals surface area contributed by atoms with Crippen molar-refractivity contribution in [3.8, 4) is 5.75 Å². The number of nitrogens with zero attached hydrogens (tertiary/aromatic N) is 1. The Kier molecular flexibility index (Phi) is 6.36. The fourth-order valence-corrected chi connectivity index (χ4v) is 2.16. The van der Waals surface area contributed by atoms with E-state index in [0.29, 0.717) is 17.0 Å². The van der Waals surface area contributed by atoms with E-state index in [9.17, 15) is 4.79 Å². The van der Waals surface area contributed by atoms with Gasteiger partial charge >= 0.3 is 0 Å². The third-order valence-corrected chi connectivity index (χ3v) is 3.36. The summed E-state index contributed by atoms with van der Waals surface area (Å²) in [6.45, 7) is 7.02. The van der Waals surface area contributed by atoms with Gasteiger partial charge in [0, 0.05) is 18.2 Å². The Labute approximate surface area is 121 Å². The molecular weight excluding hydrogens is 252 g/mol. The molecule has 0 bridgehead atoms. The van der Waals surface area contributed by atoms with Gasteiger partial charge in [-0.2, -0.15) is 0 Å². The summed E-state index contributed by atoms with van der Waals surface area (Å²) in [5.74, 6) is 0.633. The van der Waals surface area contributed by atoms with E-state index in [1.54, 1.807) is 25.3 Å². The summed E-state index contributed by atoms with van der Waals surface area (Å²) < 4.78 is 5.12. The van der Waals surface area contributed by atoms with Crippen LogP contribution in [0.1, 0.15) is 50.4 Å². The summed E-state index contributed by atoms with van der Waals surface area (Å²) in [5, 5.41) is 0. The zero-order valence-electron chi connectivity index (χ0n) is 13.0. The first kappa shape index (κ1) is 16.3. The molecule has 1 amide bonds. The Morgan fingerprint density at radius 3 is 2.55 bits per heavy atom. The van der Waals surface area contributed by atoms with E-state index in [4.69, 9.17) is 10.5 Å². The SMILES string of the molecule is CCCCCN(C(=O)c1ccc(OC)c(N)c1)C(C)C. The van der Waals surface area contributed by atoms with Crippen LogP contribution < -0.4 is 10.5 Å². The van der Waals surface area contributed by atoms with Gasteiger partial charge in [0.2, 0.25) is 0 Å². The number of carbonyl (C=O) groups is 1. The van der Waals surface area contributed by atoms with Gasteiger partial charge in [0.25, 0.3) is 5.91 Å². The Hall–Kier alpha value is -1.71. The van der Waals surface area contributed by atoms with Gasteiger partial charge in [-0.25, -0.2) is 0 Å². The number of hydrogen-bond donors (Lipinski definition) is 1. The van der Waals surface area contributed by atoms with E-state index in [1.165, 1.54) is 0 Å². The van der Waals surface area contributed by atoms with E-state index in [1.807, 2.05) is 18.7 Å². The number of methoxy groups -OCH3 is 1. The van der Waals surface area contributed by atoms with Crippen LogP contribution in [0.4, 0.5) is 5.69 Å². The zero-order chi connectivity index (χ0) is 15.1. The molecule has 0 atom stereocenters. The molecule has 0 spiro atoms. The molecule has 0 fully saturated rings. The van der Waals surface area contributed by atoms with Crippen LogP contribution in [-0.2, 0) is 0 Å². The smallest absolute Gasteiger partial charge is 0.254 e. The minimum atomic E-state index is 0.0328. The maximum atomic E-state index is 12.6. The first-order valence-electron chi connectivity index (χ1n) is 7.25. The first-order chi connectivity index (χ1) is 9.51. The first-order valence-corrected chi connectivity index (χ1v) is 7.25. The van der Waals surface area contributed by atoms with Crippen LogP contribution in [0.2, 0.25) is 0 Å². The summed E-state index contributed by atoms with van der Waals surface area (Å²) in [7, 11) is 1.57. The highest BCUT2D eigenvalue weighted by molar-refractivity contribution is 5.95. The second-order valence-electron chi connectivity index (χ2n) is 5.26. The van der Waals surface area contributed by atoms with Gasteiger partial charge in [-0.05, 0) is 38.5 Å². The number of nitrogen functional groups attached to an aromatic ring is 1. The van der Waals surface area contributed by atoms with Crippen molar-refractivity contribution in [2.24, 2.45) is 0 Å². The van der Waals surface area contributed by atoms with Crippen molar-refractivity contribution in [2.75, 3.05) is 19.4 Å². The third-order valence-electron chi connectivity index (χ3n) is 3.36. The fourth-order valence-electron chi connectivity index (χ4n) is 2.16. The van der Waals surface area contributed by atoms with Crippen LogP contribution in [0.15, 0.2) is 18.2 Å². The number of hydrogen-bond acceptors (Lipinski definition) is 3. The molecular formula is C16H26N2O2. The molecule has 0 aliphatic heterocycles. The van der Waals surface area contributed by atoms with Gasteiger partial charge in [0.05, 0.1) is 12.8 Å². The Bertz CT molecular complexity index is 444. The molecule has 4 heteroatoms. The Balaban J connectivity index is 2.86. The van der Waals surface area contributed by atoms with E-state index in [0.717, 1.165) is 25.8 Å². The number of ether oxygens (including phenoxy) is 1.